The SMILES string of the molecule is COCCN(C)c1cc(OC)nc(N)n1. The van der Waals surface area contributed by atoms with Crippen molar-refractivity contribution in [2.75, 3.05) is 45.1 Å². The molecule has 15 heavy (non-hydrogen) atoms. The van der Waals surface area contributed by atoms with E-state index in [-0.39, 0.29) is 5.95 Å². The highest BCUT2D eigenvalue weighted by molar-refractivity contribution is 5.44. The second-order valence-electron chi connectivity index (χ2n) is 3.04. The fraction of sp³-hybridized carbons (Fsp3) is 0.556. The summed E-state index contributed by atoms with van der Waals surface area (Å²) in [7, 11) is 5.10. The Balaban J connectivity index is 2.78. The van der Waals surface area contributed by atoms with Crippen molar-refractivity contribution in [2.24, 2.45) is 0 Å². The molecule has 0 fully saturated rings. The molecule has 6 heteroatoms. The minimum Gasteiger partial charge on any atom is -0.481 e. The van der Waals surface area contributed by atoms with E-state index in [9.17, 15) is 0 Å². The van der Waals surface area contributed by atoms with Gasteiger partial charge in [0.1, 0.15) is 5.82 Å². The number of hydrogen-bond donors (Lipinski definition) is 1. The molecule has 1 rings (SSSR count). The maximum absolute atomic E-state index is 5.54. The fourth-order valence-electron chi connectivity index (χ4n) is 1.07. The Kier molecular flexibility index (Phi) is 4.11. The van der Waals surface area contributed by atoms with Crippen LogP contribution in [0.25, 0.3) is 0 Å². The van der Waals surface area contributed by atoms with Crippen LogP contribution < -0.4 is 15.4 Å². The number of rotatable bonds is 5. The second-order valence-corrected chi connectivity index (χ2v) is 3.04. The lowest BCUT2D eigenvalue weighted by atomic mass is 10.5. The first-order valence-corrected chi connectivity index (χ1v) is 4.56. The average molecular weight is 212 g/mol. The molecule has 84 valence electrons. The van der Waals surface area contributed by atoms with Gasteiger partial charge in [-0.25, -0.2) is 0 Å². The Morgan fingerprint density at radius 3 is 2.73 bits per heavy atom. The van der Waals surface area contributed by atoms with Gasteiger partial charge in [0.2, 0.25) is 11.8 Å². The van der Waals surface area contributed by atoms with Crippen LogP contribution in [0.5, 0.6) is 5.88 Å². The molecule has 6 nitrogen and oxygen atoms in total. The van der Waals surface area contributed by atoms with Gasteiger partial charge >= 0.3 is 0 Å². The number of nitrogen functional groups attached to an aromatic ring is 1. The molecule has 0 saturated heterocycles. The number of hydrogen-bond acceptors (Lipinski definition) is 6. The van der Waals surface area contributed by atoms with E-state index >= 15 is 0 Å². The standard InChI is InChI=1S/C9H16N4O2/c1-13(4-5-14-2)7-6-8(15-3)12-9(10)11-7/h6H,4-5H2,1-3H3,(H2,10,11,12). The van der Waals surface area contributed by atoms with Crippen molar-refractivity contribution < 1.29 is 9.47 Å². The Bertz CT molecular complexity index is 319. The summed E-state index contributed by atoms with van der Waals surface area (Å²) in [5.41, 5.74) is 5.54. The topological polar surface area (TPSA) is 73.5 Å². The van der Waals surface area contributed by atoms with Crippen molar-refractivity contribution >= 4 is 11.8 Å². The Morgan fingerprint density at radius 1 is 1.40 bits per heavy atom. The van der Waals surface area contributed by atoms with Crippen LogP contribution in [0, 0.1) is 0 Å². The summed E-state index contributed by atoms with van der Waals surface area (Å²) in [6.07, 6.45) is 0. The number of nitrogens with two attached hydrogens (primary N) is 1. The van der Waals surface area contributed by atoms with Crippen molar-refractivity contribution in [1.82, 2.24) is 9.97 Å². The van der Waals surface area contributed by atoms with E-state index in [1.54, 1.807) is 20.3 Å². The summed E-state index contributed by atoms with van der Waals surface area (Å²) in [4.78, 5) is 9.91. The molecule has 0 aliphatic carbocycles. The molecule has 0 unspecified atom stereocenters. The van der Waals surface area contributed by atoms with Crippen LogP contribution in [0.15, 0.2) is 6.07 Å². The van der Waals surface area contributed by atoms with E-state index in [0.717, 1.165) is 12.4 Å². The Morgan fingerprint density at radius 2 is 2.13 bits per heavy atom. The zero-order chi connectivity index (χ0) is 11.3. The van der Waals surface area contributed by atoms with Crippen molar-refractivity contribution in [1.29, 1.82) is 0 Å². The smallest absolute Gasteiger partial charge is 0.225 e. The maximum atomic E-state index is 5.54. The molecule has 1 aromatic heterocycles. The van der Waals surface area contributed by atoms with Gasteiger partial charge in [-0.05, 0) is 0 Å². The Hall–Kier alpha value is -1.56. The third-order valence-electron chi connectivity index (χ3n) is 1.94. The monoisotopic (exact) mass is 212 g/mol. The van der Waals surface area contributed by atoms with E-state index in [1.165, 1.54) is 0 Å². The normalized spacial score (nSPS) is 10.1. The molecule has 0 saturated carbocycles. The van der Waals surface area contributed by atoms with E-state index in [2.05, 4.69) is 9.97 Å². The predicted octanol–water partition coefficient (Wildman–Crippen LogP) is 0.150. The molecule has 1 aromatic rings. The van der Waals surface area contributed by atoms with Crippen LogP contribution >= 0.6 is 0 Å². The van der Waals surface area contributed by atoms with Gasteiger partial charge < -0.3 is 20.1 Å². The van der Waals surface area contributed by atoms with Crippen LogP contribution in [0.1, 0.15) is 0 Å². The quantitative estimate of drug-likeness (QED) is 0.749. The summed E-state index contributed by atoms with van der Waals surface area (Å²) in [6, 6.07) is 1.73. The number of aromatic nitrogens is 2. The Labute approximate surface area is 89.0 Å². The average Bonchev–Trinajstić information content (AvgIpc) is 2.24. The van der Waals surface area contributed by atoms with Crippen LogP contribution in [-0.4, -0.2) is 44.4 Å². The molecule has 0 radical (unpaired) electrons. The summed E-state index contributed by atoms with van der Waals surface area (Å²) in [6.45, 7) is 1.36. The number of likely N-dealkylation sites (N-methyl/N-ethyl adjacent to an activating group) is 1. The lowest BCUT2D eigenvalue weighted by Gasteiger charge is -2.17. The van der Waals surface area contributed by atoms with E-state index in [4.69, 9.17) is 15.2 Å². The molecule has 2 N–H and O–H groups in total. The largest absolute Gasteiger partial charge is 0.481 e. The second kappa shape index (κ2) is 5.35. The molecule has 0 aliphatic heterocycles. The summed E-state index contributed by atoms with van der Waals surface area (Å²) in [5, 5.41) is 0. The summed E-state index contributed by atoms with van der Waals surface area (Å²) in [5.74, 6) is 1.38. The van der Waals surface area contributed by atoms with Gasteiger partial charge in [0.25, 0.3) is 0 Å². The zero-order valence-electron chi connectivity index (χ0n) is 9.23. The van der Waals surface area contributed by atoms with Crippen molar-refractivity contribution in [3.63, 3.8) is 0 Å². The molecular formula is C9H16N4O2. The third-order valence-corrected chi connectivity index (χ3v) is 1.94. The molecule has 0 bridgehead atoms. The molecule has 1 heterocycles. The highest BCUT2D eigenvalue weighted by Gasteiger charge is 2.06. The van der Waals surface area contributed by atoms with Gasteiger partial charge in [-0.2, -0.15) is 9.97 Å². The van der Waals surface area contributed by atoms with Gasteiger partial charge in [0, 0.05) is 26.8 Å². The third kappa shape index (κ3) is 3.25. The minimum atomic E-state index is 0.202. The molecule has 0 atom stereocenters. The molecule has 0 aliphatic rings. The summed E-state index contributed by atoms with van der Waals surface area (Å²) < 4.78 is 9.97. The minimum absolute atomic E-state index is 0.202. The van der Waals surface area contributed by atoms with Crippen LogP contribution in [-0.2, 0) is 4.74 Å². The number of nitrogens with zero attached hydrogens (tertiary/aromatic N) is 3. The first kappa shape index (κ1) is 11.5. The van der Waals surface area contributed by atoms with E-state index in [0.29, 0.717) is 12.5 Å². The van der Waals surface area contributed by atoms with E-state index in [1.807, 2.05) is 11.9 Å². The molecule has 0 spiro atoms. The van der Waals surface area contributed by atoms with Crippen molar-refractivity contribution in [3.8, 4) is 5.88 Å². The summed E-state index contributed by atoms with van der Waals surface area (Å²) >= 11 is 0. The fourth-order valence-corrected chi connectivity index (χ4v) is 1.07. The van der Waals surface area contributed by atoms with E-state index < -0.39 is 0 Å². The van der Waals surface area contributed by atoms with Crippen molar-refractivity contribution in [2.45, 2.75) is 0 Å². The molecular weight excluding hydrogens is 196 g/mol. The lowest BCUT2D eigenvalue weighted by molar-refractivity contribution is 0.206. The van der Waals surface area contributed by atoms with Crippen LogP contribution in [0.2, 0.25) is 0 Å². The van der Waals surface area contributed by atoms with Crippen molar-refractivity contribution in [3.05, 3.63) is 6.07 Å². The van der Waals surface area contributed by atoms with Gasteiger partial charge in [0.05, 0.1) is 13.7 Å². The maximum Gasteiger partial charge on any atom is 0.225 e. The van der Waals surface area contributed by atoms with Crippen LogP contribution in [0.3, 0.4) is 0 Å². The molecule has 0 amide bonds. The molecule has 0 aromatic carbocycles. The van der Waals surface area contributed by atoms with Gasteiger partial charge in [-0.15, -0.1) is 0 Å². The predicted molar refractivity (Wildman–Crippen MR) is 58.1 cm³/mol. The number of ether oxygens (including phenoxy) is 2. The number of methoxy groups -OCH3 is 2. The lowest BCUT2D eigenvalue weighted by Crippen LogP contribution is -2.23. The zero-order valence-corrected chi connectivity index (χ0v) is 9.23. The first-order chi connectivity index (χ1) is 7.17. The van der Waals surface area contributed by atoms with Gasteiger partial charge in [-0.1, -0.05) is 0 Å². The van der Waals surface area contributed by atoms with Crippen LogP contribution in [0.4, 0.5) is 11.8 Å². The first-order valence-electron chi connectivity index (χ1n) is 4.56. The highest BCUT2D eigenvalue weighted by Crippen LogP contribution is 2.16. The van der Waals surface area contributed by atoms with Gasteiger partial charge in [0.15, 0.2) is 0 Å². The highest BCUT2D eigenvalue weighted by atomic mass is 16.5. The van der Waals surface area contributed by atoms with Gasteiger partial charge in [-0.3, -0.25) is 0 Å². The number of anilines is 2.